The Bertz CT molecular complexity index is 1390. The van der Waals surface area contributed by atoms with Crippen LogP contribution in [0.25, 0.3) is 16.9 Å². The molecule has 4 aromatic heterocycles. The van der Waals surface area contributed by atoms with Gasteiger partial charge < -0.3 is 16.2 Å². The fraction of sp³-hybridized carbons (Fsp3) is 0.481. The maximum absolute atomic E-state index is 11.1. The van der Waals surface area contributed by atoms with Gasteiger partial charge in [0.25, 0.3) is 0 Å². The molecule has 12 heteroatoms. The number of nitrogens with one attached hydrogen (secondary N) is 1. The van der Waals surface area contributed by atoms with E-state index in [1.807, 2.05) is 36.4 Å². The first-order valence-electron chi connectivity index (χ1n) is 13.3. The van der Waals surface area contributed by atoms with Gasteiger partial charge >= 0.3 is 0 Å². The van der Waals surface area contributed by atoms with Crippen LogP contribution in [-0.4, -0.2) is 63.8 Å². The minimum absolute atomic E-state index is 0.0556. The van der Waals surface area contributed by atoms with E-state index < -0.39 is 5.83 Å². The van der Waals surface area contributed by atoms with E-state index in [0.29, 0.717) is 5.82 Å². The highest BCUT2D eigenvalue weighted by Crippen LogP contribution is 2.36. The first-order valence-corrected chi connectivity index (χ1v) is 14.1. The van der Waals surface area contributed by atoms with Crippen LogP contribution < -0.4 is 11.1 Å². The molecule has 10 nitrogen and oxygen atoms in total. The molecule has 0 spiro atoms. The van der Waals surface area contributed by atoms with Crippen molar-refractivity contribution in [1.29, 1.82) is 0 Å². The Kier molecular flexibility index (Phi) is 9.44. The Balaban J connectivity index is 0.000000648. The van der Waals surface area contributed by atoms with Gasteiger partial charge in [-0.1, -0.05) is 26.3 Å². The average Bonchev–Trinajstić information content (AvgIpc) is 3.74. The second-order valence-corrected chi connectivity index (χ2v) is 10.6. The number of anilines is 2. The van der Waals surface area contributed by atoms with E-state index in [1.54, 1.807) is 0 Å². The molecule has 0 aliphatic heterocycles. The van der Waals surface area contributed by atoms with Crippen molar-refractivity contribution in [3.8, 4) is 11.3 Å². The summed E-state index contributed by atoms with van der Waals surface area (Å²) in [5.41, 5.74) is 9.27. The molecule has 210 valence electrons. The number of fused-ring (bicyclic) bond motifs is 1. The van der Waals surface area contributed by atoms with Crippen molar-refractivity contribution in [3.05, 3.63) is 54.6 Å². The molecule has 1 aliphatic carbocycles. The van der Waals surface area contributed by atoms with Crippen LogP contribution in [0.2, 0.25) is 0 Å². The van der Waals surface area contributed by atoms with Crippen molar-refractivity contribution in [1.82, 2.24) is 33.4 Å². The summed E-state index contributed by atoms with van der Waals surface area (Å²) >= 11 is 1.43. The summed E-state index contributed by atoms with van der Waals surface area (Å²) in [5.74, 6) is 0.240. The summed E-state index contributed by atoms with van der Waals surface area (Å²) < 4.78 is 19.8. The number of hydrogen-bond acceptors (Lipinski definition) is 9. The van der Waals surface area contributed by atoms with Crippen molar-refractivity contribution >= 4 is 28.0 Å². The summed E-state index contributed by atoms with van der Waals surface area (Å²) in [5, 5.41) is 18.9. The van der Waals surface area contributed by atoms with Crippen molar-refractivity contribution in [2.45, 2.75) is 65.1 Å². The van der Waals surface area contributed by atoms with Crippen LogP contribution in [0.15, 0.2) is 43.3 Å². The Hall–Kier alpha value is -3.19. The molecule has 1 fully saturated rings. The van der Waals surface area contributed by atoms with Gasteiger partial charge in [0.05, 0.1) is 36.1 Å². The summed E-state index contributed by atoms with van der Waals surface area (Å²) in [4.78, 5) is 11.8. The predicted octanol–water partition coefficient (Wildman–Crippen LogP) is 4.68. The van der Waals surface area contributed by atoms with E-state index in [2.05, 4.69) is 51.2 Å². The molecule has 1 saturated carbocycles. The number of aliphatic hydroxyl groups excluding tert-OH is 1. The number of aliphatic hydroxyl groups is 1. The summed E-state index contributed by atoms with van der Waals surface area (Å²) in [6.07, 6.45) is 12.2. The second-order valence-electron chi connectivity index (χ2n) is 9.79. The molecule has 0 radical (unpaired) electrons. The quantitative estimate of drug-likeness (QED) is 0.258. The zero-order valence-corrected chi connectivity index (χ0v) is 23.7. The molecular formula is C27H38FN9OS. The van der Waals surface area contributed by atoms with E-state index in [4.69, 9.17) is 15.1 Å². The van der Waals surface area contributed by atoms with E-state index in [0.717, 1.165) is 65.8 Å². The first-order chi connectivity index (χ1) is 18.8. The molecular weight excluding hydrogens is 517 g/mol. The van der Waals surface area contributed by atoms with Crippen LogP contribution in [0.3, 0.4) is 0 Å². The molecule has 0 unspecified atom stereocenters. The van der Waals surface area contributed by atoms with Gasteiger partial charge in [0.2, 0.25) is 0 Å². The lowest BCUT2D eigenvalue weighted by Gasteiger charge is -2.39. The number of aryl methyl sites for hydroxylation is 2. The van der Waals surface area contributed by atoms with E-state index in [-0.39, 0.29) is 18.7 Å². The minimum Gasteiger partial charge on any atom is -0.394 e. The van der Waals surface area contributed by atoms with Crippen LogP contribution in [-0.2, 0) is 13.1 Å². The van der Waals surface area contributed by atoms with Gasteiger partial charge in [0.1, 0.15) is 10.8 Å². The van der Waals surface area contributed by atoms with Gasteiger partial charge in [-0.05, 0) is 50.8 Å². The molecule has 4 aromatic rings. The summed E-state index contributed by atoms with van der Waals surface area (Å²) in [7, 11) is 0. The van der Waals surface area contributed by atoms with Gasteiger partial charge in [-0.15, -0.1) is 0 Å². The zero-order chi connectivity index (χ0) is 28.0. The van der Waals surface area contributed by atoms with Crippen molar-refractivity contribution in [3.63, 3.8) is 0 Å². The predicted molar refractivity (Wildman–Crippen MR) is 154 cm³/mol. The maximum atomic E-state index is 11.1. The lowest BCUT2D eigenvalue weighted by Crippen LogP contribution is -2.49. The number of nitrogens with zero attached hydrogens (tertiary/aromatic N) is 7. The smallest absolute Gasteiger partial charge is 0.180 e. The Labute approximate surface area is 232 Å². The van der Waals surface area contributed by atoms with Crippen molar-refractivity contribution < 1.29 is 9.50 Å². The maximum Gasteiger partial charge on any atom is 0.180 e. The van der Waals surface area contributed by atoms with Gasteiger partial charge in [-0.2, -0.15) is 9.47 Å². The number of likely N-dealkylation sites (N-methyl/N-ethyl adjacent to an activating group) is 1. The zero-order valence-electron chi connectivity index (χ0n) is 22.9. The minimum atomic E-state index is -0.468. The molecule has 4 heterocycles. The largest absolute Gasteiger partial charge is 0.394 e. The van der Waals surface area contributed by atoms with Crippen molar-refractivity contribution in [2.24, 2.45) is 5.73 Å². The first kappa shape index (κ1) is 28.8. The fourth-order valence-electron chi connectivity index (χ4n) is 5.05. The molecule has 4 N–H and O–H groups in total. The standard InChI is InChI=1S/C24H32N8OS.C3H6FN/c1-4-30(24(16-33)8-6-7-9-24)15-19-10-21(34-29-19)28-22-23-25-12-20(32(23)13-17(3)27-22)18-11-26-31(5-2)14-18;1-3(4)2-5/h10-14,33H,4-9,15-16H2,1-3H3,(H,27,28);1-2,5H2. The van der Waals surface area contributed by atoms with Gasteiger partial charge in [-0.25, -0.2) is 14.4 Å². The number of rotatable bonds is 10. The number of nitrogens with two attached hydrogens (primary N) is 1. The average molecular weight is 556 g/mol. The summed E-state index contributed by atoms with van der Waals surface area (Å²) in [6.45, 7) is 11.7. The Morgan fingerprint density at radius 2 is 2.03 bits per heavy atom. The second kappa shape index (κ2) is 12.8. The number of imidazole rings is 1. The topological polar surface area (TPSA) is 122 Å². The van der Waals surface area contributed by atoms with Gasteiger partial charge in [-0.3, -0.25) is 14.0 Å². The lowest BCUT2D eigenvalue weighted by molar-refractivity contribution is 0.0307. The van der Waals surface area contributed by atoms with E-state index in [1.165, 1.54) is 24.4 Å². The van der Waals surface area contributed by atoms with Crippen LogP contribution in [0.4, 0.5) is 15.2 Å². The Morgan fingerprint density at radius 3 is 2.64 bits per heavy atom. The molecule has 0 aromatic carbocycles. The molecule has 0 atom stereocenters. The fourth-order valence-corrected chi connectivity index (χ4v) is 5.71. The third-order valence-electron chi connectivity index (χ3n) is 7.12. The number of aromatic nitrogens is 6. The van der Waals surface area contributed by atoms with Crippen LogP contribution in [0.1, 0.15) is 50.9 Å². The number of hydrogen-bond donors (Lipinski definition) is 3. The van der Waals surface area contributed by atoms with Gasteiger partial charge in [0.15, 0.2) is 11.5 Å². The monoisotopic (exact) mass is 555 g/mol. The van der Waals surface area contributed by atoms with Crippen LogP contribution in [0.5, 0.6) is 0 Å². The molecule has 0 bridgehead atoms. The third-order valence-corrected chi connectivity index (χ3v) is 7.86. The van der Waals surface area contributed by atoms with Crippen LogP contribution >= 0.6 is 11.5 Å². The molecule has 5 rings (SSSR count). The van der Waals surface area contributed by atoms with Gasteiger partial charge in [0, 0.05) is 43.1 Å². The Morgan fingerprint density at radius 1 is 1.28 bits per heavy atom. The SMILES string of the molecule is C=C(F)CN.CCN(Cc1cc(Nc2nc(C)cn3c(-c4cnn(CC)c4)cnc23)sn1)C1(CO)CCCC1. The lowest BCUT2D eigenvalue weighted by atomic mass is 9.96. The van der Waals surface area contributed by atoms with Crippen molar-refractivity contribution in [2.75, 3.05) is 25.0 Å². The van der Waals surface area contributed by atoms with E-state index in [9.17, 15) is 9.50 Å². The highest BCUT2D eigenvalue weighted by Gasteiger charge is 2.38. The van der Waals surface area contributed by atoms with Crippen LogP contribution in [0, 0.1) is 6.92 Å². The molecule has 1 aliphatic rings. The molecule has 39 heavy (non-hydrogen) atoms. The summed E-state index contributed by atoms with van der Waals surface area (Å²) in [6, 6.07) is 2.09. The highest BCUT2D eigenvalue weighted by molar-refractivity contribution is 7.10. The highest BCUT2D eigenvalue weighted by atomic mass is 32.1. The normalized spacial score (nSPS) is 14.5. The molecule has 0 saturated heterocycles. The third kappa shape index (κ3) is 6.52. The number of halogens is 1. The van der Waals surface area contributed by atoms with E-state index >= 15 is 0 Å². The molecule has 0 amide bonds.